The molecule has 0 saturated heterocycles. The lowest BCUT2D eigenvalue weighted by atomic mass is 10.0. The van der Waals surface area contributed by atoms with Gasteiger partial charge >= 0.3 is 0 Å². The van der Waals surface area contributed by atoms with Crippen LogP contribution in [0.5, 0.6) is 0 Å². The number of carbonyl (C=O) groups is 2. The summed E-state index contributed by atoms with van der Waals surface area (Å²) in [7, 11) is 0. The van der Waals surface area contributed by atoms with Crippen molar-refractivity contribution in [2.24, 2.45) is 4.99 Å². The minimum absolute atomic E-state index is 0.163. The van der Waals surface area contributed by atoms with E-state index in [1.165, 1.54) is 11.3 Å². The van der Waals surface area contributed by atoms with Crippen LogP contribution in [-0.4, -0.2) is 17.8 Å². The number of aliphatic imine (C=N–C) groups is 1. The first kappa shape index (κ1) is 14.9. The van der Waals surface area contributed by atoms with Gasteiger partial charge in [0.05, 0.1) is 17.3 Å². The number of carbonyl (C=O) groups excluding carboxylic acids is 2. The molecule has 0 spiro atoms. The Morgan fingerprint density at radius 3 is 2.77 bits per heavy atom. The Morgan fingerprint density at radius 2 is 2.09 bits per heavy atom. The van der Waals surface area contributed by atoms with E-state index in [9.17, 15) is 9.59 Å². The van der Waals surface area contributed by atoms with E-state index >= 15 is 0 Å². The van der Waals surface area contributed by atoms with E-state index in [1.807, 2.05) is 29.6 Å². The van der Waals surface area contributed by atoms with Crippen molar-refractivity contribution >= 4 is 45.0 Å². The predicted molar refractivity (Wildman–Crippen MR) is 88.9 cm³/mol. The second-order valence-electron chi connectivity index (χ2n) is 4.73. The molecular formula is C15H12BrN3O2S. The smallest absolute Gasteiger partial charge is 0.268 e. The summed E-state index contributed by atoms with van der Waals surface area (Å²) in [6.07, 6.45) is 0.264. The van der Waals surface area contributed by atoms with Crippen LogP contribution in [0.4, 0.5) is 0 Å². The molecule has 22 heavy (non-hydrogen) atoms. The predicted octanol–water partition coefficient (Wildman–Crippen LogP) is 2.86. The van der Waals surface area contributed by atoms with Crippen LogP contribution in [0.1, 0.15) is 27.7 Å². The summed E-state index contributed by atoms with van der Waals surface area (Å²) in [5.74, 6) is -0.238. The molecule has 1 atom stereocenters. The third-order valence-corrected chi connectivity index (χ3v) is 4.55. The second kappa shape index (κ2) is 6.41. The van der Waals surface area contributed by atoms with Crippen LogP contribution in [0, 0.1) is 0 Å². The summed E-state index contributed by atoms with van der Waals surface area (Å²) in [4.78, 5) is 28.9. The van der Waals surface area contributed by atoms with Crippen molar-refractivity contribution in [1.29, 1.82) is 0 Å². The lowest BCUT2D eigenvalue weighted by Gasteiger charge is -2.21. The number of rotatable bonds is 2. The fourth-order valence-corrected chi connectivity index (χ4v) is 2.99. The molecule has 1 aliphatic heterocycles. The van der Waals surface area contributed by atoms with E-state index in [2.05, 4.69) is 31.6 Å². The molecule has 2 amide bonds. The molecule has 0 radical (unpaired) electrons. The molecule has 7 heteroatoms. The lowest BCUT2D eigenvalue weighted by molar-refractivity contribution is -0.120. The van der Waals surface area contributed by atoms with Gasteiger partial charge in [-0.25, -0.2) is 4.99 Å². The zero-order valence-electron chi connectivity index (χ0n) is 11.4. The van der Waals surface area contributed by atoms with Crippen molar-refractivity contribution in [3.63, 3.8) is 0 Å². The van der Waals surface area contributed by atoms with Crippen LogP contribution in [0.25, 0.3) is 0 Å². The van der Waals surface area contributed by atoms with Gasteiger partial charge in [0.25, 0.3) is 5.91 Å². The zero-order chi connectivity index (χ0) is 15.5. The Balaban J connectivity index is 1.79. The summed E-state index contributed by atoms with van der Waals surface area (Å²) in [5.41, 5.74) is 0.931. The number of hydrogen-bond acceptors (Lipinski definition) is 4. The van der Waals surface area contributed by atoms with Gasteiger partial charge in [0.1, 0.15) is 0 Å². The van der Waals surface area contributed by atoms with Gasteiger partial charge in [-0.2, -0.15) is 0 Å². The minimum atomic E-state index is -0.291. The summed E-state index contributed by atoms with van der Waals surface area (Å²) in [6.45, 7) is 0. The highest BCUT2D eigenvalue weighted by Crippen LogP contribution is 2.25. The number of halogens is 1. The maximum Gasteiger partial charge on any atom is 0.268 e. The van der Waals surface area contributed by atoms with Crippen LogP contribution in [0.15, 0.2) is 51.2 Å². The van der Waals surface area contributed by atoms with Gasteiger partial charge in [0, 0.05) is 4.47 Å². The quantitative estimate of drug-likeness (QED) is 0.844. The van der Waals surface area contributed by atoms with E-state index in [0.29, 0.717) is 4.88 Å². The van der Waals surface area contributed by atoms with Crippen LogP contribution < -0.4 is 10.6 Å². The number of amides is 2. The monoisotopic (exact) mass is 377 g/mol. The van der Waals surface area contributed by atoms with Crippen molar-refractivity contribution in [3.8, 4) is 0 Å². The molecule has 2 aromatic rings. The van der Waals surface area contributed by atoms with Gasteiger partial charge in [0.2, 0.25) is 11.9 Å². The summed E-state index contributed by atoms with van der Waals surface area (Å²) in [5, 5.41) is 7.06. The highest BCUT2D eigenvalue weighted by Gasteiger charge is 2.23. The van der Waals surface area contributed by atoms with Crippen LogP contribution in [0.3, 0.4) is 0 Å². The largest absolute Gasteiger partial charge is 0.296 e. The third kappa shape index (κ3) is 3.42. The molecule has 2 N–H and O–H groups in total. The van der Waals surface area contributed by atoms with Crippen molar-refractivity contribution in [2.75, 3.05) is 0 Å². The average molecular weight is 378 g/mol. The first-order valence-corrected chi connectivity index (χ1v) is 8.27. The minimum Gasteiger partial charge on any atom is -0.296 e. The van der Waals surface area contributed by atoms with E-state index in [4.69, 9.17) is 0 Å². The molecule has 0 saturated carbocycles. The number of hydrogen-bond donors (Lipinski definition) is 2. The first-order valence-electron chi connectivity index (χ1n) is 6.60. The van der Waals surface area contributed by atoms with Crippen molar-refractivity contribution in [1.82, 2.24) is 10.6 Å². The fourth-order valence-electron chi connectivity index (χ4n) is 2.11. The van der Waals surface area contributed by atoms with Crippen molar-refractivity contribution in [3.05, 3.63) is 56.7 Å². The van der Waals surface area contributed by atoms with Gasteiger partial charge in [0.15, 0.2) is 0 Å². The molecule has 5 nitrogen and oxygen atoms in total. The SMILES string of the molecule is O=C1CC(c2ccc(Br)cc2)N=C(NC(=O)c2cccs2)N1. The molecule has 3 rings (SSSR count). The average Bonchev–Trinajstić information content (AvgIpc) is 3.01. The summed E-state index contributed by atoms with van der Waals surface area (Å²) in [6, 6.07) is 10.9. The molecular weight excluding hydrogens is 366 g/mol. The van der Waals surface area contributed by atoms with Crippen molar-refractivity contribution < 1.29 is 9.59 Å². The van der Waals surface area contributed by atoms with Gasteiger partial charge in [-0.05, 0) is 29.1 Å². The number of benzene rings is 1. The zero-order valence-corrected chi connectivity index (χ0v) is 13.8. The Hall–Kier alpha value is -1.99. The molecule has 1 aliphatic rings. The van der Waals surface area contributed by atoms with Crippen LogP contribution >= 0.6 is 27.3 Å². The lowest BCUT2D eigenvalue weighted by Crippen LogP contribution is -2.46. The van der Waals surface area contributed by atoms with E-state index in [1.54, 1.807) is 12.1 Å². The molecule has 1 aromatic carbocycles. The molecule has 1 unspecified atom stereocenters. The van der Waals surface area contributed by atoms with Gasteiger partial charge < -0.3 is 0 Å². The third-order valence-electron chi connectivity index (χ3n) is 3.15. The van der Waals surface area contributed by atoms with Gasteiger partial charge in [-0.15, -0.1) is 11.3 Å². The number of nitrogens with one attached hydrogen (secondary N) is 2. The summed E-state index contributed by atoms with van der Waals surface area (Å²) >= 11 is 4.71. The highest BCUT2D eigenvalue weighted by molar-refractivity contribution is 9.10. The van der Waals surface area contributed by atoms with Crippen molar-refractivity contribution in [2.45, 2.75) is 12.5 Å². The Bertz CT molecular complexity index is 726. The molecule has 0 bridgehead atoms. The molecule has 1 aromatic heterocycles. The first-order chi connectivity index (χ1) is 10.6. The number of thiophene rings is 1. The van der Waals surface area contributed by atoms with Gasteiger partial charge in [-0.1, -0.05) is 34.1 Å². The van der Waals surface area contributed by atoms with E-state index in [-0.39, 0.29) is 30.2 Å². The molecule has 2 heterocycles. The van der Waals surface area contributed by atoms with Crippen LogP contribution in [0.2, 0.25) is 0 Å². The number of guanidine groups is 1. The highest BCUT2D eigenvalue weighted by atomic mass is 79.9. The topological polar surface area (TPSA) is 70.6 Å². The normalized spacial score (nSPS) is 17.6. The Labute approximate surface area is 139 Å². The molecule has 112 valence electrons. The van der Waals surface area contributed by atoms with Gasteiger partial charge in [-0.3, -0.25) is 20.2 Å². The van der Waals surface area contributed by atoms with E-state index < -0.39 is 0 Å². The maximum atomic E-state index is 12.0. The second-order valence-corrected chi connectivity index (χ2v) is 6.59. The molecule has 0 aliphatic carbocycles. The number of nitrogens with zero attached hydrogens (tertiary/aromatic N) is 1. The van der Waals surface area contributed by atoms with Crippen LogP contribution in [-0.2, 0) is 4.79 Å². The maximum absolute atomic E-state index is 12.0. The standard InChI is InChI=1S/C15H12BrN3O2S/c16-10-5-3-9(4-6-10)11-8-13(20)18-15(17-11)19-14(21)12-2-1-7-22-12/h1-7,11H,8H2,(H2,17,18,19,20,21). The van der Waals surface area contributed by atoms with E-state index in [0.717, 1.165) is 10.0 Å². The Kier molecular flexibility index (Phi) is 4.35. The Morgan fingerprint density at radius 1 is 1.32 bits per heavy atom. The summed E-state index contributed by atoms with van der Waals surface area (Å²) < 4.78 is 0.965. The molecule has 0 fully saturated rings. The fraction of sp³-hybridized carbons (Fsp3) is 0.133.